The van der Waals surface area contributed by atoms with Crippen LogP contribution in [0.5, 0.6) is 0 Å². The van der Waals surface area contributed by atoms with Crippen LogP contribution in [0.2, 0.25) is 0 Å². The molecule has 0 fully saturated rings. The predicted molar refractivity (Wildman–Crippen MR) is 103 cm³/mol. The molecule has 0 aliphatic carbocycles. The Kier molecular flexibility index (Phi) is 5.31. The molecule has 3 rings (SSSR count). The minimum Gasteiger partial charge on any atom is -0.396 e. The molecular weight excluding hydrogens is 302 g/mol. The van der Waals surface area contributed by atoms with E-state index in [9.17, 15) is 0 Å². The van der Waals surface area contributed by atoms with Gasteiger partial charge in [0.2, 0.25) is 0 Å². The second-order valence-electron chi connectivity index (χ2n) is 5.50. The highest BCUT2D eigenvalue weighted by atomic mass is 32.2. The summed E-state index contributed by atoms with van der Waals surface area (Å²) in [5.41, 5.74) is 2.53. The van der Waals surface area contributed by atoms with E-state index < -0.39 is 0 Å². The molecule has 0 radical (unpaired) electrons. The molecule has 118 valence electrons. The molecule has 3 aromatic carbocycles. The Hall–Kier alpha value is -1.84. The quantitative estimate of drug-likeness (QED) is 0.413. The minimum atomic E-state index is 0.238. The molecule has 3 heteroatoms. The molecule has 0 aliphatic rings. The number of nitrogens with zero attached hydrogens (tertiary/aromatic N) is 1. The highest BCUT2D eigenvalue weighted by Gasteiger charge is 2.09. The van der Waals surface area contributed by atoms with Gasteiger partial charge in [-0.25, -0.2) is 0 Å². The van der Waals surface area contributed by atoms with Crippen LogP contribution >= 0.6 is 11.8 Å². The zero-order valence-electron chi connectivity index (χ0n) is 13.3. The number of rotatable bonds is 6. The van der Waals surface area contributed by atoms with E-state index in [-0.39, 0.29) is 6.61 Å². The Morgan fingerprint density at radius 1 is 0.913 bits per heavy atom. The lowest BCUT2D eigenvalue weighted by molar-refractivity contribution is 0.322. The van der Waals surface area contributed by atoms with Crippen molar-refractivity contribution in [2.24, 2.45) is 4.99 Å². The van der Waals surface area contributed by atoms with E-state index in [1.54, 1.807) is 11.8 Å². The first kappa shape index (κ1) is 16.0. The van der Waals surface area contributed by atoms with Gasteiger partial charge in [0.1, 0.15) is 0 Å². The van der Waals surface area contributed by atoms with Crippen molar-refractivity contribution in [3.8, 4) is 0 Å². The van der Waals surface area contributed by atoms with E-state index in [1.165, 1.54) is 32.7 Å². The molecular formula is C20H21NOS. The summed E-state index contributed by atoms with van der Waals surface area (Å²) in [5.74, 6) is 1.73. The summed E-state index contributed by atoms with van der Waals surface area (Å²) in [7, 11) is 0. The van der Waals surface area contributed by atoms with Gasteiger partial charge in [-0.15, -0.1) is 0 Å². The fraction of sp³-hybridized carbons (Fsp3) is 0.250. The zero-order valence-corrected chi connectivity index (χ0v) is 14.1. The fourth-order valence-corrected chi connectivity index (χ4v) is 3.53. The molecule has 0 aliphatic heterocycles. The van der Waals surface area contributed by atoms with Crippen molar-refractivity contribution in [2.75, 3.05) is 24.7 Å². The van der Waals surface area contributed by atoms with Crippen molar-refractivity contribution in [3.63, 3.8) is 0 Å². The van der Waals surface area contributed by atoms with Crippen molar-refractivity contribution in [1.82, 2.24) is 0 Å². The molecule has 1 N–H and O–H groups in total. The van der Waals surface area contributed by atoms with Crippen LogP contribution in [0.1, 0.15) is 11.1 Å². The Morgan fingerprint density at radius 3 is 2.04 bits per heavy atom. The number of fused-ring (bicyclic) bond motifs is 2. The zero-order chi connectivity index (χ0) is 16.1. The highest BCUT2D eigenvalue weighted by Crippen LogP contribution is 2.31. The van der Waals surface area contributed by atoms with Crippen LogP contribution in [0.15, 0.2) is 53.5 Å². The molecule has 3 aromatic rings. The van der Waals surface area contributed by atoms with Gasteiger partial charge in [0.15, 0.2) is 0 Å². The molecule has 0 amide bonds. The first-order valence-corrected chi connectivity index (χ1v) is 9.07. The Labute approximate surface area is 141 Å². The lowest BCUT2D eigenvalue weighted by Crippen LogP contribution is -1.95. The van der Waals surface area contributed by atoms with Crippen LogP contribution in [0, 0.1) is 6.92 Å². The number of benzene rings is 3. The second kappa shape index (κ2) is 7.62. The van der Waals surface area contributed by atoms with Crippen LogP contribution in [-0.2, 0) is 0 Å². The van der Waals surface area contributed by atoms with Gasteiger partial charge in [0, 0.05) is 29.8 Å². The number of aliphatic imine (C=N–C) groups is 1. The molecule has 0 unspecified atom stereocenters. The molecule has 0 saturated carbocycles. The number of hydrogen-bond acceptors (Lipinski definition) is 3. The Bertz CT molecular complexity index is 785. The number of aliphatic hydroxyl groups is 1. The van der Waals surface area contributed by atoms with Gasteiger partial charge in [-0.1, -0.05) is 48.5 Å². The topological polar surface area (TPSA) is 32.6 Å². The van der Waals surface area contributed by atoms with E-state index in [1.807, 2.05) is 6.21 Å². The number of aliphatic hydroxyl groups excluding tert-OH is 1. The van der Waals surface area contributed by atoms with E-state index in [0.29, 0.717) is 0 Å². The second-order valence-corrected chi connectivity index (χ2v) is 6.73. The van der Waals surface area contributed by atoms with E-state index in [2.05, 4.69) is 60.4 Å². The molecule has 0 saturated heterocycles. The van der Waals surface area contributed by atoms with Crippen LogP contribution in [0.25, 0.3) is 21.5 Å². The monoisotopic (exact) mass is 323 g/mol. The summed E-state index contributed by atoms with van der Waals surface area (Å²) in [6.07, 6.45) is 2.02. The fourth-order valence-electron chi connectivity index (χ4n) is 2.96. The third kappa shape index (κ3) is 3.41. The molecule has 0 bridgehead atoms. The van der Waals surface area contributed by atoms with Crippen LogP contribution in [-0.4, -0.2) is 36.0 Å². The van der Waals surface area contributed by atoms with Crippen molar-refractivity contribution >= 4 is 39.5 Å². The summed E-state index contributed by atoms with van der Waals surface area (Å²) in [6.45, 7) is 3.21. The first-order valence-electron chi connectivity index (χ1n) is 7.91. The van der Waals surface area contributed by atoms with Crippen molar-refractivity contribution in [2.45, 2.75) is 6.92 Å². The summed E-state index contributed by atoms with van der Waals surface area (Å²) in [6, 6.07) is 17.1. The van der Waals surface area contributed by atoms with Crippen molar-refractivity contribution in [1.29, 1.82) is 0 Å². The third-order valence-corrected chi connectivity index (χ3v) is 5.01. The molecule has 0 spiro atoms. The highest BCUT2D eigenvalue weighted by molar-refractivity contribution is 7.99. The normalized spacial score (nSPS) is 11.7. The molecule has 0 atom stereocenters. The first-order chi connectivity index (χ1) is 11.3. The average Bonchev–Trinajstić information content (AvgIpc) is 2.60. The Balaban J connectivity index is 2.03. The van der Waals surface area contributed by atoms with Crippen LogP contribution < -0.4 is 0 Å². The van der Waals surface area contributed by atoms with Gasteiger partial charge in [0.05, 0.1) is 6.61 Å². The van der Waals surface area contributed by atoms with Gasteiger partial charge in [-0.05, 0) is 34.0 Å². The lowest BCUT2D eigenvalue weighted by atomic mass is 9.93. The summed E-state index contributed by atoms with van der Waals surface area (Å²) in [4.78, 5) is 4.62. The standard InChI is InChI=1S/C20H21NOS/c1-15-16-6-2-4-8-18(16)20(14-21-10-12-23-13-11-22)19-9-5-3-7-17(15)19/h2-9,14,22H,10-13H2,1H3. The van der Waals surface area contributed by atoms with Gasteiger partial charge in [-0.2, -0.15) is 11.8 Å². The molecule has 23 heavy (non-hydrogen) atoms. The van der Waals surface area contributed by atoms with E-state index in [4.69, 9.17) is 5.11 Å². The van der Waals surface area contributed by atoms with Gasteiger partial charge in [-0.3, -0.25) is 4.99 Å². The SMILES string of the molecule is Cc1c2ccccc2c(C=NCCSCCO)c2ccccc12. The third-order valence-electron chi connectivity index (χ3n) is 4.06. The molecule has 0 heterocycles. The summed E-state index contributed by atoms with van der Waals surface area (Å²) >= 11 is 1.73. The van der Waals surface area contributed by atoms with Gasteiger partial charge in [0.25, 0.3) is 0 Å². The maximum absolute atomic E-state index is 8.80. The number of thioether (sulfide) groups is 1. The van der Waals surface area contributed by atoms with Crippen LogP contribution in [0.3, 0.4) is 0 Å². The largest absolute Gasteiger partial charge is 0.396 e. The molecule has 0 aromatic heterocycles. The van der Waals surface area contributed by atoms with Gasteiger partial charge < -0.3 is 5.11 Å². The lowest BCUT2D eigenvalue weighted by Gasteiger charge is -2.11. The van der Waals surface area contributed by atoms with E-state index in [0.717, 1.165) is 18.1 Å². The van der Waals surface area contributed by atoms with Crippen molar-refractivity contribution in [3.05, 3.63) is 59.7 Å². The Morgan fingerprint density at radius 2 is 1.48 bits per heavy atom. The average molecular weight is 323 g/mol. The smallest absolute Gasteiger partial charge is 0.0521 e. The van der Waals surface area contributed by atoms with E-state index >= 15 is 0 Å². The maximum atomic E-state index is 8.80. The van der Waals surface area contributed by atoms with Gasteiger partial charge >= 0.3 is 0 Å². The summed E-state index contributed by atoms with van der Waals surface area (Å²) < 4.78 is 0. The predicted octanol–water partition coefficient (Wildman–Crippen LogP) is 4.45. The number of hydrogen-bond donors (Lipinski definition) is 1. The molecule has 2 nitrogen and oxygen atoms in total. The minimum absolute atomic E-state index is 0.238. The number of aryl methyl sites for hydroxylation is 1. The van der Waals surface area contributed by atoms with Crippen molar-refractivity contribution < 1.29 is 5.11 Å². The summed E-state index contributed by atoms with van der Waals surface area (Å²) in [5, 5.41) is 13.9. The van der Waals surface area contributed by atoms with Crippen LogP contribution in [0.4, 0.5) is 0 Å². The maximum Gasteiger partial charge on any atom is 0.0521 e.